The zero-order valence-corrected chi connectivity index (χ0v) is 11.9. The van der Waals surface area contributed by atoms with Crippen molar-refractivity contribution in [3.05, 3.63) is 0 Å². The molecule has 0 aromatic rings. The summed E-state index contributed by atoms with van der Waals surface area (Å²) in [5.41, 5.74) is -0.624. The first-order valence-electron chi connectivity index (χ1n) is 6.45. The standard InChI is InChI=1S/C13H22FNO4/c1-8(14)5-9-6-15(7-10(9)11(16)17)12(18)19-13(2,3)4/h8-10H,5-7H2,1-4H3,(H,16,17). The molecule has 0 radical (unpaired) electrons. The van der Waals surface area contributed by atoms with Crippen molar-refractivity contribution in [1.29, 1.82) is 0 Å². The molecule has 1 aliphatic rings. The second-order valence-corrected chi connectivity index (χ2v) is 6.11. The molecule has 5 nitrogen and oxygen atoms in total. The van der Waals surface area contributed by atoms with Crippen molar-refractivity contribution >= 4 is 12.1 Å². The molecule has 1 aliphatic heterocycles. The predicted molar refractivity (Wildman–Crippen MR) is 67.6 cm³/mol. The Morgan fingerprint density at radius 2 is 2.00 bits per heavy atom. The summed E-state index contributed by atoms with van der Waals surface area (Å²) >= 11 is 0. The van der Waals surface area contributed by atoms with E-state index in [1.54, 1.807) is 20.8 Å². The van der Waals surface area contributed by atoms with E-state index < -0.39 is 29.8 Å². The smallest absolute Gasteiger partial charge is 0.410 e. The summed E-state index contributed by atoms with van der Waals surface area (Å²) < 4.78 is 18.3. The Labute approximate surface area is 112 Å². The third kappa shape index (κ3) is 4.69. The Bertz CT molecular complexity index is 351. The molecule has 3 atom stereocenters. The average molecular weight is 275 g/mol. The van der Waals surface area contributed by atoms with Gasteiger partial charge < -0.3 is 14.7 Å². The maximum absolute atomic E-state index is 13.1. The summed E-state index contributed by atoms with van der Waals surface area (Å²) in [5.74, 6) is -2.06. The molecule has 1 heterocycles. The van der Waals surface area contributed by atoms with Gasteiger partial charge in [0.2, 0.25) is 0 Å². The third-order valence-electron chi connectivity index (χ3n) is 3.04. The fraction of sp³-hybridized carbons (Fsp3) is 0.846. The quantitative estimate of drug-likeness (QED) is 0.858. The number of aliphatic carboxylic acids is 1. The van der Waals surface area contributed by atoms with Crippen LogP contribution in [0.15, 0.2) is 0 Å². The monoisotopic (exact) mass is 275 g/mol. The Kier molecular flexibility index (Phi) is 4.76. The summed E-state index contributed by atoms with van der Waals surface area (Å²) in [5, 5.41) is 9.13. The summed E-state index contributed by atoms with van der Waals surface area (Å²) in [6.45, 7) is 6.96. The summed E-state index contributed by atoms with van der Waals surface area (Å²) in [4.78, 5) is 24.4. The first-order valence-corrected chi connectivity index (χ1v) is 6.45. The minimum Gasteiger partial charge on any atom is -0.481 e. The maximum atomic E-state index is 13.1. The van der Waals surface area contributed by atoms with Gasteiger partial charge in [-0.1, -0.05) is 0 Å². The van der Waals surface area contributed by atoms with Crippen LogP contribution in [-0.4, -0.2) is 46.9 Å². The Morgan fingerprint density at radius 3 is 2.42 bits per heavy atom. The zero-order valence-electron chi connectivity index (χ0n) is 11.9. The van der Waals surface area contributed by atoms with Gasteiger partial charge in [0.05, 0.1) is 12.1 Å². The van der Waals surface area contributed by atoms with Crippen molar-refractivity contribution in [2.75, 3.05) is 13.1 Å². The van der Waals surface area contributed by atoms with Crippen molar-refractivity contribution in [1.82, 2.24) is 4.90 Å². The molecule has 19 heavy (non-hydrogen) atoms. The van der Waals surface area contributed by atoms with Crippen molar-refractivity contribution in [3.63, 3.8) is 0 Å². The molecule has 0 aromatic heterocycles. The number of hydrogen-bond donors (Lipinski definition) is 1. The first-order chi connectivity index (χ1) is 8.60. The molecule has 0 bridgehead atoms. The Morgan fingerprint density at radius 1 is 1.42 bits per heavy atom. The van der Waals surface area contributed by atoms with Gasteiger partial charge in [-0.05, 0) is 40.0 Å². The average Bonchev–Trinajstić information content (AvgIpc) is 2.57. The van der Waals surface area contributed by atoms with E-state index >= 15 is 0 Å². The largest absolute Gasteiger partial charge is 0.481 e. The summed E-state index contributed by atoms with van der Waals surface area (Å²) in [6.07, 6.45) is -1.46. The highest BCUT2D eigenvalue weighted by Gasteiger charge is 2.41. The number of carbonyl (C=O) groups excluding carboxylic acids is 1. The molecule has 1 rings (SSSR count). The lowest BCUT2D eigenvalue weighted by molar-refractivity contribution is -0.142. The lowest BCUT2D eigenvalue weighted by Crippen LogP contribution is -2.36. The number of carboxylic acid groups (broad SMARTS) is 1. The van der Waals surface area contributed by atoms with E-state index in [1.165, 1.54) is 11.8 Å². The number of nitrogens with zero attached hydrogens (tertiary/aromatic N) is 1. The van der Waals surface area contributed by atoms with Crippen molar-refractivity contribution in [2.45, 2.75) is 45.9 Å². The minimum absolute atomic E-state index is 0.0850. The first kappa shape index (κ1) is 15.7. The van der Waals surface area contributed by atoms with Crippen LogP contribution in [0.4, 0.5) is 9.18 Å². The van der Waals surface area contributed by atoms with Crippen LogP contribution < -0.4 is 0 Å². The van der Waals surface area contributed by atoms with E-state index in [2.05, 4.69) is 0 Å². The number of halogens is 1. The zero-order chi connectivity index (χ0) is 14.8. The number of carboxylic acids is 1. The number of likely N-dealkylation sites (tertiary alicyclic amines) is 1. The molecule has 6 heteroatoms. The highest BCUT2D eigenvalue weighted by Crippen LogP contribution is 2.29. The predicted octanol–water partition coefficient (Wildman–Crippen LogP) is 2.30. The van der Waals surface area contributed by atoms with E-state index in [9.17, 15) is 14.0 Å². The molecule has 3 unspecified atom stereocenters. The fourth-order valence-corrected chi connectivity index (χ4v) is 2.28. The summed E-state index contributed by atoms with van der Waals surface area (Å²) in [7, 11) is 0. The van der Waals surface area contributed by atoms with E-state index in [1.807, 2.05) is 0 Å². The molecular weight excluding hydrogens is 253 g/mol. The molecule has 110 valence electrons. The second kappa shape index (κ2) is 5.75. The second-order valence-electron chi connectivity index (χ2n) is 6.11. The molecule has 0 saturated carbocycles. The van der Waals surface area contributed by atoms with Gasteiger partial charge in [0.15, 0.2) is 0 Å². The molecule has 1 saturated heterocycles. The maximum Gasteiger partial charge on any atom is 0.410 e. The number of amides is 1. The van der Waals surface area contributed by atoms with Gasteiger partial charge in [-0.25, -0.2) is 9.18 Å². The topological polar surface area (TPSA) is 66.8 Å². The van der Waals surface area contributed by atoms with Gasteiger partial charge in [0, 0.05) is 13.1 Å². The van der Waals surface area contributed by atoms with Crippen LogP contribution in [-0.2, 0) is 9.53 Å². The molecular formula is C13H22FNO4. The molecule has 1 N–H and O–H groups in total. The molecule has 0 aliphatic carbocycles. The van der Waals surface area contributed by atoms with Crippen molar-refractivity contribution in [2.24, 2.45) is 11.8 Å². The van der Waals surface area contributed by atoms with E-state index in [0.717, 1.165) is 0 Å². The van der Waals surface area contributed by atoms with Gasteiger partial charge in [0.1, 0.15) is 5.60 Å². The van der Waals surface area contributed by atoms with Crippen LogP contribution in [0.25, 0.3) is 0 Å². The molecule has 0 spiro atoms. The highest BCUT2D eigenvalue weighted by molar-refractivity contribution is 5.74. The summed E-state index contributed by atoms with van der Waals surface area (Å²) in [6, 6.07) is 0. The lowest BCUT2D eigenvalue weighted by atomic mass is 9.91. The van der Waals surface area contributed by atoms with E-state index in [0.29, 0.717) is 0 Å². The number of hydrogen-bond acceptors (Lipinski definition) is 3. The minimum atomic E-state index is -1.08. The van der Waals surface area contributed by atoms with Crippen LogP contribution in [0.5, 0.6) is 0 Å². The lowest BCUT2D eigenvalue weighted by Gasteiger charge is -2.24. The van der Waals surface area contributed by atoms with Crippen molar-refractivity contribution in [3.8, 4) is 0 Å². The van der Waals surface area contributed by atoms with Gasteiger partial charge in [-0.2, -0.15) is 0 Å². The number of rotatable bonds is 3. The fourth-order valence-electron chi connectivity index (χ4n) is 2.28. The van der Waals surface area contributed by atoms with Crippen LogP contribution >= 0.6 is 0 Å². The van der Waals surface area contributed by atoms with Crippen molar-refractivity contribution < 1.29 is 23.8 Å². The van der Waals surface area contributed by atoms with E-state index in [4.69, 9.17) is 9.84 Å². The van der Waals surface area contributed by atoms with Gasteiger partial charge in [-0.3, -0.25) is 4.79 Å². The molecule has 0 aromatic carbocycles. The number of alkyl halides is 1. The SMILES string of the molecule is CC(F)CC1CN(C(=O)OC(C)(C)C)CC1C(=O)O. The Hall–Kier alpha value is -1.33. The normalized spacial score (nSPS) is 25.2. The van der Waals surface area contributed by atoms with E-state index in [-0.39, 0.29) is 25.4 Å². The highest BCUT2D eigenvalue weighted by atomic mass is 19.1. The third-order valence-corrected chi connectivity index (χ3v) is 3.04. The van der Waals surface area contributed by atoms with Gasteiger partial charge in [-0.15, -0.1) is 0 Å². The van der Waals surface area contributed by atoms with Gasteiger partial charge >= 0.3 is 12.1 Å². The number of ether oxygens (including phenoxy) is 1. The Balaban J connectivity index is 2.69. The van der Waals surface area contributed by atoms with Crippen LogP contribution in [0.3, 0.4) is 0 Å². The van der Waals surface area contributed by atoms with Gasteiger partial charge in [0.25, 0.3) is 0 Å². The van der Waals surface area contributed by atoms with Crippen LogP contribution in [0, 0.1) is 11.8 Å². The van der Waals surface area contributed by atoms with Crippen LogP contribution in [0.1, 0.15) is 34.1 Å². The number of carbonyl (C=O) groups is 2. The van der Waals surface area contributed by atoms with Crippen LogP contribution in [0.2, 0.25) is 0 Å². The molecule has 1 amide bonds. The molecule has 1 fully saturated rings.